The van der Waals surface area contributed by atoms with Gasteiger partial charge in [0.25, 0.3) is 5.91 Å². The van der Waals surface area contributed by atoms with Crippen LogP contribution in [-0.2, 0) is 7.05 Å². The fourth-order valence-corrected chi connectivity index (χ4v) is 3.24. The molecule has 0 saturated carbocycles. The number of ether oxygens (including phenoxy) is 1. The summed E-state index contributed by atoms with van der Waals surface area (Å²) in [4.78, 5) is 19.7. The Kier molecular flexibility index (Phi) is 4.53. The molecule has 2 heterocycles. The third-order valence-corrected chi connectivity index (χ3v) is 4.77. The predicted molar refractivity (Wildman–Crippen MR) is 110 cm³/mol. The second kappa shape index (κ2) is 7.15. The Labute approximate surface area is 163 Å². The molecule has 0 atom stereocenters. The van der Waals surface area contributed by atoms with Gasteiger partial charge in [0.2, 0.25) is 0 Å². The summed E-state index contributed by atoms with van der Waals surface area (Å²) in [5, 5.41) is 5.02. The van der Waals surface area contributed by atoms with E-state index in [1.165, 1.54) is 0 Å². The van der Waals surface area contributed by atoms with E-state index >= 15 is 0 Å². The van der Waals surface area contributed by atoms with E-state index in [0.717, 1.165) is 11.3 Å². The van der Waals surface area contributed by atoms with Crippen LogP contribution >= 0.6 is 0 Å². The van der Waals surface area contributed by atoms with Crippen molar-refractivity contribution >= 4 is 22.6 Å². The summed E-state index contributed by atoms with van der Waals surface area (Å²) in [5.41, 5.74) is 3.50. The van der Waals surface area contributed by atoms with Gasteiger partial charge in [0.05, 0.1) is 30.0 Å². The zero-order chi connectivity index (χ0) is 19.7. The van der Waals surface area contributed by atoms with Crippen LogP contribution in [0.25, 0.3) is 22.3 Å². The molecule has 0 bridgehead atoms. The monoisotopic (exact) mass is 372 g/mol. The number of carbonyl (C=O) groups is 1. The Bertz CT molecular complexity index is 1150. The Morgan fingerprint density at radius 3 is 2.54 bits per heavy atom. The Morgan fingerprint density at radius 2 is 1.79 bits per heavy atom. The van der Waals surface area contributed by atoms with Crippen molar-refractivity contribution < 1.29 is 9.53 Å². The first-order valence-electron chi connectivity index (χ1n) is 8.89. The van der Waals surface area contributed by atoms with E-state index in [1.807, 2.05) is 67.7 Å². The van der Waals surface area contributed by atoms with E-state index in [0.29, 0.717) is 28.0 Å². The molecular formula is C22H20N4O2. The molecule has 0 spiro atoms. The lowest BCUT2D eigenvalue weighted by molar-refractivity contribution is 0.0994. The summed E-state index contributed by atoms with van der Waals surface area (Å²) in [5.74, 6) is 0.578. The second-order valence-corrected chi connectivity index (χ2v) is 6.46. The molecule has 6 nitrogen and oxygen atoms in total. The molecule has 0 aliphatic heterocycles. The minimum Gasteiger partial charge on any atom is -0.496 e. The lowest BCUT2D eigenvalue weighted by atomic mass is 10.0. The summed E-state index contributed by atoms with van der Waals surface area (Å²) in [7, 11) is 5.20. The van der Waals surface area contributed by atoms with E-state index in [1.54, 1.807) is 29.9 Å². The fraction of sp³-hybridized carbons (Fsp3) is 0.136. The largest absolute Gasteiger partial charge is 0.496 e. The maximum absolute atomic E-state index is 13.3. The van der Waals surface area contributed by atoms with E-state index in [9.17, 15) is 4.79 Å². The van der Waals surface area contributed by atoms with Gasteiger partial charge in [-0.15, -0.1) is 0 Å². The van der Waals surface area contributed by atoms with Crippen molar-refractivity contribution in [3.63, 3.8) is 0 Å². The summed E-state index contributed by atoms with van der Waals surface area (Å²) in [6, 6.07) is 19.0. The zero-order valence-corrected chi connectivity index (χ0v) is 16.0. The molecule has 4 aromatic rings. The van der Waals surface area contributed by atoms with Crippen molar-refractivity contribution in [2.75, 3.05) is 19.1 Å². The highest BCUT2D eigenvalue weighted by Crippen LogP contribution is 2.32. The van der Waals surface area contributed by atoms with Gasteiger partial charge in [0.15, 0.2) is 5.65 Å². The zero-order valence-electron chi connectivity index (χ0n) is 16.0. The van der Waals surface area contributed by atoms with Gasteiger partial charge in [0.1, 0.15) is 5.75 Å². The highest BCUT2D eigenvalue weighted by Gasteiger charge is 2.21. The molecule has 1 amide bonds. The van der Waals surface area contributed by atoms with Crippen LogP contribution < -0.4 is 9.64 Å². The molecule has 28 heavy (non-hydrogen) atoms. The fourth-order valence-electron chi connectivity index (χ4n) is 3.24. The molecule has 0 saturated heterocycles. The average Bonchev–Trinajstić information content (AvgIpc) is 3.13. The number of hydrogen-bond acceptors (Lipinski definition) is 4. The quantitative estimate of drug-likeness (QED) is 0.545. The number of fused-ring (bicyclic) bond motifs is 1. The summed E-state index contributed by atoms with van der Waals surface area (Å²) in [6.45, 7) is 0. The molecule has 0 unspecified atom stereocenters. The molecule has 2 aromatic carbocycles. The van der Waals surface area contributed by atoms with Crippen LogP contribution in [0.5, 0.6) is 5.75 Å². The van der Waals surface area contributed by atoms with Gasteiger partial charge in [0, 0.05) is 25.3 Å². The normalized spacial score (nSPS) is 10.8. The van der Waals surface area contributed by atoms with E-state index < -0.39 is 0 Å². The predicted octanol–water partition coefficient (Wildman–Crippen LogP) is 3.92. The number of rotatable bonds is 4. The van der Waals surface area contributed by atoms with Gasteiger partial charge in [-0.2, -0.15) is 5.10 Å². The van der Waals surface area contributed by atoms with Crippen molar-refractivity contribution in [3.05, 3.63) is 72.4 Å². The number of carbonyl (C=O) groups excluding carboxylic acids is 1. The van der Waals surface area contributed by atoms with Crippen molar-refractivity contribution in [1.82, 2.24) is 14.8 Å². The summed E-state index contributed by atoms with van der Waals surface area (Å²) in [6.07, 6.45) is 1.68. The van der Waals surface area contributed by atoms with Crippen LogP contribution in [-0.4, -0.2) is 34.8 Å². The van der Waals surface area contributed by atoms with Gasteiger partial charge < -0.3 is 9.64 Å². The summed E-state index contributed by atoms with van der Waals surface area (Å²) < 4.78 is 7.16. The first kappa shape index (κ1) is 17.7. The Hall–Kier alpha value is -3.67. The van der Waals surface area contributed by atoms with Crippen molar-refractivity contribution in [2.45, 2.75) is 0 Å². The highest BCUT2D eigenvalue weighted by atomic mass is 16.5. The van der Waals surface area contributed by atoms with E-state index in [2.05, 4.69) is 5.10 Å². The standard InChI is InChI=1S/C22H20N4O2/c1-25(15-9-5-4-6-10-15)22(27)17-13-19(16-11-7-8-12-20(16)28-3)24-21-18(17)14-23-26(21)2/h4-14H,1-3H3. The van der Waals surface area contributed by atoms with Crippen LogP contribution in [0.1, 0.15) is 10.4 Å². The molecule has 0 fully saturated rings. The van der Waals surface area contributed by atoms with Crippen LogP contribution in [0.4, 0.5) is 5.69 Å². The van der Waals surface area contributed by atoms with Gasteiger partial charge in [-0.3, -0.25) is 9.48 Å². The third-order valence-electron chi connectivity index (χ3n) is 4.77. The van der Waals surface area contributed by atoms with Crippen molar-refractivity contribution in [1.29, 1.82) is 0 Å². The van der Waals surface area contributed by atoms with E-state index in [-0.39, 0.29) is 5.91 Å². The molecular weight excluding hydrogens is 352 g/mol. The number of aryl methyl sites for hydroxylation is 1. The van der Waals surface area contributed by atoms with Gasteiger partial charge in [-0.05, 0) is 30.3 Å². The molecule has 0 N–H and O–H groups in total. The van der Waals surface area contributed by atoms with Crippen LogP contribution in [0.3, 0.4) is 0 Å². The van der Waals surface area contributed by atoms with Crippen LogP contribution in [0, 0.1) is 0 Å². The number of nitrogens with zero attached hydrogens (tertiary/aromatic N) is 4. The number of pyridine rings is 1. The number of methoxy groups -OCH3 is 1. The van der Waals surface area contributed by atoms with Gasteiger partial charge in [-0.25, -0.2) is 4.98 Å². The number of aromatic nitrogens is 3. The lowest BCUT2D eigenvalue weighted by Crippen LogP contribution is -2.26. The Morgan fingerprint density at radius 1 is 1.07 bits per heavy atom. The van der Waals surface area contributed by atoms with E-state index in [4.69, 9.17) is 9.72 Å². The second-order valence-electron chi connectivity index (χ2n) is 6.46. The molecule has 140 valence electrons. The SMILES string of the molecule is COc1ccccc1-c1cc(C(=O)N(C)c2ccccc2)c2cnn(C)c2n1. The smallest absolute Gasteiger partial charge is 0.258 e. The van der Waals surface area contributed by atoms with Gasteiger partial charge >= 0.3 is 0 Å². The average molecular weight is 372 g/mol. The third kappa shape index (κ3) is 2.99. The molecule has 0 aliphatic carbocycles. The summed E-state index contributed by atoms with van der Waals surface area (Å²) >= 11 is 0. The van der Waals surface area contributed by atoms with Crippen molar-refractivity contribution in [3.8, 4) is 17.0 Å². The minimum absolute atomic E-state index is 0.122. The topological polar surface area (TPSA) is 60.2 Å². The maximum atomic E-state index is 13.3. The first-order valence-corrected chi connectivity index (χ1v) is 8.89. The first-order chi connectivity index (χ1) is 13.6. The highest BCUT2D eigenvalue weighted by molar-refractivity contribution is 6.13. The number of benzene rings is 2. The molecule has 0 radical (unpaired) electrons. The van der Waals surface area contributed by atoms with Crippen molar-refractivity contribution in [2.24, 2.45) is 7.05 Å². The molecule has 0 aliphatic rings. The lowest BCUT2D eigenvalue weighted by Gasteiger charge is -2.18. The van der Waals surface area contributed by atoms with Gasteiger partial charge in [-0.1, -0.05) is 30.3 Å². The Balaban J connectivity index is 1.89. The minimum atomic E-state index is -0.122. The molecule has 6 heteroatoms. The number of para-hydroxylation sites is 2. The number of anilines is 1. The number of amides is 1. The molecule has 2 aromatic heterocycles. The van der Waals surface area contributed by atoms with Crippen LogP contribution in [0.15, 0.2) is 66.9 Å². The van der Waals surface area contributed by atoms with Crippen LogP contribution in [0.2, 0.25) is 0 Å². The maximum Gasteiger partial charge on any atom is 0.258 e. The molecule has 4 rings (SSSR count). The number of hydrogen-bond donors (Lipinski definition) is 0.